The van der Waals surface area contributed by atoms with Crippen LogP contribution in [0.25, 0.3) is 0 Å². The third-order valence-electron chi connectivity index (χ3n) is 5.12. The molecule has 4 nitrogen and oxygen atoms in total. The largest absolute Gasteiger partial charge is 0.383 e. The van der Waals surface area contributed by atoms with Crippen molar-refractivity contribution in [3.63, 3.8) is 0 Å². The number of piperidine rings is 1. The van der Waals surface area contributed by atoms with Crippen LogP contribution >= 0.6 is 0 Å². The van der Waals surface area contributed by atoms with Crippen LogP contribution in [0.2, 0.25) is 0 Å². The summed E-state index contributed by atoms with van der Waals surface area (Å²) in [5, 5.41) is 0. The molecule has 3 rings (SSSR count). The first-order valence-electron chi connectivity index (χ1n) is 8.23. The summed E-state index contributed by atoms with van der Waals surface area (Å²) in [5.74, 6) is 0.850. The third kappa shape index (κ3) is 3.53. The summed E-state index contributed by atoms with van der Waals surface area (Å²) in [6, 6.07) is 0. The Hall–Kier alpha value is -0.160. The van der Waals surface area contributed by atoms with Gasteiger partial charge in [0.25, 0.3) is 0 Å². The van der Waals surface area contributed by atoms with Gasteiger partial charge in [0.15, 0.2) is 0 Å². The fourth-order valence-corrected chi connectivity index (χ4v) is 3.72. The standard InChI is InChI=1S/C16H29NO3/c1-18-10-8-17-7-5-15-16(12-17,6-2-9-20-15)13-19-11-14-3-4-14/h14-15H,2-13H2,1H3. The van der Waals surface area contributed by atoms with Gasteiger partial charge in [0.1, 0.15) is 0 Å². The molecule has 2 aliphatic heterocycles. The summed E-state index contributed by atoms with van der Waals surface area (Å²) < 4.78 is 17.4. The fourth-order valence-electron chi connectivity index (χ4n) is 3.72. The number of likely N-dealkylation sites (tertiary alicyclic amines) is 1. The van der Waals surface area contributed by atoms with E-state index in [1.807, 2.05) is 0 Å². The van der Waals surface area contributed by atoms with Crippen LogP contribution < -0.4 is 0 Å². The number of nitrogens with zero attached hydrogens (tertiary/aromatic N) is 1. The molecule has 0 N–H and O–H groups in total. The summed E-state index contributed by atoms with van der Waals surface area (Å²) in [5.41, 5.74) is 0.235. The van der Waals surface area contributed by atoms with Gasteiger partial charge in [-0.25, -0.2) is 0 Å². The summed E-state index contributed by atoms with van der Waals surface area (Å²) in [6.45, 7) is 6.90. The normalized spacial score (nSPS) is 35.0. The summed E-state index contributed by atoms with van der Waals surface area (Å²) in [7, 11) is 1.78. The van der Waals surface area contributed by atoms with Gasteiger partial charge in [0.2, 0.25) is 0 Å². The Kier molecular flexibility index (Phi) is 4.97. The Labute approximate surface area is 122 Å². The van der Waals surface area contributed by atoms with Crippen LogP contribution in [0, 0.1) is 11.3 Å². The van der Waals surface area contributed by atoms with Gasteiger partial charge in [-0.15, -0.1) is 0 Å². The molecule has 1 saturated carbocycles. The van der Waals surface area contributed by atoms with Crippen molar-refractivity contribution in [1.82, 2.24) is 4.90 Å². The number of fused-ring (bicyclic) bond motifs is 1. The van der Waals surface area contributed by atoms with Crippen molar-refractivity contribution in [3.05, 3.63) is 0 Å². The quantitative estimate of drug-likeness (QED) is 0.714. The van der Waals surface area contributed by atoms with Crippen molar-refractivity contribution in [3.8, 4) is 0 Å². The maximum absolute atomic E-state index is 6.07. The summed E-state index contributed by atoms with van der Waals surface area (Å²) in [4.78, 5) is 2.54. The number of hydrogen-bond donors (Lipinski definition) is 0. The van der Waals surface area contributed by atoms with Gasteiger partial charge in [-0.2, -0.15) is 0 Å². The predicted octanol–water partition coefficient (Wildman–Crippen LogP) is 1.93. The molecular formula is C16H29NO3. The van der Waals surface area contributed by atoms with E-state index in [4.69, 9.17) is 14.2 Å². The highest BCUT2D eigenvalue weighted by atomic mass is 16.5. The summed E-state index contributed by atoms with van der Waals surface area (Å²) in [6.07, 6.45) is 6.73. The van der Waals surface area contributed by atoms with Gasteiger partial charge in [-0.1, -0.05) is 0 Å². The van der Waals surface area contributed by atoms with Crippen LogP contribution in [0.15, 0.2) is 0 Å². The zero-order chi connectivity index (χ0) is 13.8. The third-order valence-corrected chi connectivity index (χ3v) is 5.12. The maximum Gasteiger partial charge on any atom is 0.0677 e. The average molecular weight is 283 g/mol. The van der Waals surface area contributed by atoms with Gasteiger partial charge in [-0.3, -0.25) is 0 Å². The van der Waals surface area contributed by atoms with E-state index in [2.05, 4.69) is 4.90 Å². The molecule has 0 aromatic carbocycles. The van der Waals surface area contributed by atoms with E-state index in [0.717, 1.165) is 58.4 Å². The smallest absolute Gasteiger partial charge is 0.0677 e. The molecule has 0 spiro atoms. The lowest BCUT2D eigenvalue weighted by Crippen LogP contribution is -2.57. The van der Waals surface area contributed by atoms with Crippen LogP contribution in [0.1, 0.15) is 32.1 Å². The highest BCUT2D eigenvalue weighted by Crippen LogP contribution is 2.41. The van der Waals surface area contributed by atoms with Crippen LogP contribution in [0.4, 0.5) is 0 Å². The van der Waals surface area contributed by atoms with Crippen molar-refractivity contribution < 1.29 is 14.2 Å². The van der Waals surface area contributed by atoms with Crippen LogP contribution in [-0.4, -0.2) is 64.2 Å². The van der Waals surface area contributed by atoms with Gasteiger partial charge >= 0.3 is 0 Å². The van der Waals surface area contributed by atoms with Crippen molar-refractivity contribution in [2.24, 2.45) is 11.3 Å². The molecule has 0 aromatic rings. The number of ether oxygens (including phenoxy) is 3. The SMILES string of the molecule is COCCN1CCC2OCCCC2(COCC2CC2)C1. The molecular weight excluding hydrogens is 254 g/mol. The molecule has 1 aliphatic carbocycles. The highest BCUT2D eigenvalue weighted by Gasteiger charge is 2.46. The van der Waals surface area contributed by atoms with Gasteiger partial charge in [-0.05, 0) is 38.0 Å². The zero-order valence-electron chi connectivity index (χ0n) is 12.8. The molecule has 20 heavy (non-hydrogen) atoms. The molecule has 0 radical (unpaired) electrons. The molecule has 2 saturated heterocycles. The lowest BCUT2D eigenvalue weighted by Gasteiger charge is -2.50. The predicted molar refractivity (Wildman–Crippen MR) is 77.9 cm³/mol. The summed E-state index contributed by atoms with van der Waals surface area (Å²) >= 11 is 0. The van der Waals surface area contributed by atoms with Crippen molar-refractivity contribution in [2.45, 2.75) is 38.2 Å². The maximum atomic E-state index is 6.07. The van der Waals surface area contributed by atoms with E-state index in [1.165, 1.54) is 25.7 Å². The second-order valence-electron chi connectivity index (χ2n) is 6.84. The van der Waals surface area contributed by atoms with E-state index in [0.29, 0.717) is 6.10 Å². The van der Waals surface area contributed by atoms with Gasteiger partial charge in [0, 0.05) is 45.4 Å². The lowest BCUT2D eigenvalue weighted by molar-refractivity contribution is -0.154. The van der Waals surface area contributed by atoms with Gasteiger partial charge in [0.05, 0.1) is 19.3 Å². The second-order valence-corrected chi connectivity index (χ2v) is 6.84. The molecule has 116 valence electrons. The minimum atomic E-state index is 0.235. The highest BCUT2D eigenvalue weighted by molar-refractivity contribution is 4.96. The van der Waals surface area contributed by atoms with E-state index >= 15 is 0 Å². The second kappa shape index (κ2) is 6.73. The molecule has 3 fully saturated rings. The van der Waals surface area contributed by atoms with Crippen LogP contribution in [0.5, 0.6) is 0 Å². The minimum absolute atomic E-state index is 0.235. The molecule has 0 aromatic heterocycles. The van der Waals surface area contributed by atoms with E-state index in [9.17, 15) is 0 Å². The topological polar surface area (TPSA) is 30.9 Å². The Morgan fingerprint density at radius 3 is 3.00 bits per heavy atom. The first-order chi connectivity index (χ1) is 9.82. The molecule has 4 heteroatoms. The molecule has 2 unspecified atom stereocenters. The Morgan fingerprint density at radius 1 is 1.30 bits per heavy atom. The van der Waals surface area contributed by atoms with Crippen LogP contribution in [-0.2, 0) is 14.2 Å². The fraction of sp³-hybridized carbons (Fsp3) is 1.00. The first kappa shape index (κ1) is 14.8. The van der Waals surface area contributed by atoms with E-state index in [-0.39, 0.29) is 5.41 Å². The Bertz CT molecular complexity index is 308. The number of hydrogen-bond acceptors (Lipinski definition) is 4. The lowest BCUT2D eigenvalue weighted by atomic mass is 9.73. The zero-order valence-corrected chi connectivity index (χ0v) is 12.8. The van der Waals surface area contributed by atoms with Crippen molar-refractivity contribution >= 4 is 0 Å². The minimum Gasteiger partial charge on any atom is -0.383 e. The number of rotatable bonds is 7. The van der Waals surface area contributed by atoms with Crippen molar-refractivity contribution in [1.29, 1.82) is 0 Å². The van der Waals surface area contributed by atoms with Crippen LogP contribution in [0.3, 0.4) is 0 Å². The number of methoxy groups -OCH3 is 1. The average Bonchev–Trinajstić information content (AvgIpc) is 3.29. The Morgan fingerprint density at radius 2 is 2.20 bits per heavy atom. The van der Waals surface area contributed by atoms with E-state index in [1.54, 1.807) is 7.11 Å². The Balaban J connectivity index is 1.57. The first-order valence-corrected chi connectivity index (χ1v) is 8.23. The monoisotopic (exact) mass is 283 g/mol. The molecule has 2 atom stereocenters. The molecule has 0 amide bonds. The van der Waals surface area contributed by atoms with E-state index < -0.39 is 0 Å². The molecule has 2 heterocycles. The van der Waals surface area contributed by atoms with Crippen molar-refractivity contribution in [2.75, 3.05) is 53.2 Å². The van der Waals surface area contributed by atoms with Gasteiger partial charge < -0.3 is 19.1 Å². The molecule has 0 bridgehead atoms. The molecule has 3 aliphatic rings.